The smallest absolute Gasteiger partial charge is 0.203 e. The van der Waals surface area contributed by atoms with Gasteiger partial charge in [-0.1, -0.05) is 12.1 Å². The van der Waals surface area contributed by atoms with Gasteiger partial charge in [-0.2, -0.15) is 0 Å². The van der Waals surface area contributed by atoms with E-state index in [1.54, 1.807) is 0 Å². The summed E-state index contributed by atoms with van der Waals surface area (Å²) in [5, 5.41) is 3.57. The third kappa shape index (κ3) is 2.45. The van der Waals surface area contributed by atoms with Crippen molar-refractivity contribution in [3.63, 3.8) is 0 Å². The number of aryl methyl sites for hydroxylation is 1. The maximum atomic E-state index is 5.42. The molecule has 3 rings (SSSR count). The Balaban J connectivity index is 1.78. The Morgan fingerprint density at radius 1 is 1.32 bits per heavy atom. The Labute approximate surface area is 113 Å². The standard InChI is InChI=1S/C15H21N3O/c1-11(12-7-9-19-10-8-12)16-15-17-13-5-3-4-6-14(13)18(15)2/h3-6,11-12H,7-10H2,1-2H3,(H,16,17). The van der Waals surface area contributed by atoms with Crippen LogP contribution in [-0.2, 0) is 11.8 Å². The predicted octanol–water partition coefficient (Wildman–Crippen LogP) is 2.80. The van der Waals surface area contributed by atoms with Gasteiger partial charge in [-0.05, 0) is 37.8 Å². The van der Waals surface area contributed by atoms with E-state index in [4.69, 9.17) is 4.74 Å². The van der Waals surface area contributed by atoms with E-state index in [9.17, 15) is 0 Å². The Morgan fingerprint density at radius 2 is 2.05 bits per heavy atom. The van der Waals surface area contributed by atoms with Gasteiger partial charge in [-0.15, -0.1) is 0 Å². The molecule has 19 heavy (non-hydrogen) atoms. The summed E-state index contributed by atoms with van der Waals surface area (Å²) in [6.07, 6.45) is 2.27. The van der Waals surface area contributed by atoms with Crippen LogP contribution in [0.2, 0.25) is 0 Å². The summed E-state index contributed by atoms with van der Waals surface area (Å²) in [6, 6.07) is 8.67. The summed E-state index contributed by atoms with van der Waals surface area (Å²) >= 11 is 0. The number of nitrogens with one attached hydrogen (secondary N) is 1. The summed E-state index contributed by atoms with van der Waals surface area (Å²) in [7, 11) is 2.06. The van der Waals surface area contributed by atoms with Gasteiger partial charge < -0.3 is 14.6 Å². The number of para-hydroxylation sites is 2. The molecule has 4 nitrogen and oxygen atoms in total. The van der Waals surface area contributed by atoms with Gasteiger partial charge in [0, 0.05) is 26.3 Å². The van der Waals surface area contributed by atoms with Crippen molar-refractivity contribution in [2.24, 2.45) is 13.0 Å². The first-order valence-corrected chi connectivity index (χ1v) is 7.01. The van der Waals surface area contributed by atoms with Gasteiger partial charge in [0.2, 0.25) is 5.95 Å². The van der Waals surface area contributed by atoms with Gasteiger partial charge in [0.25, 0.3) is 0 Å². The summed E-state index contributed by atoms with van der Waals surface area (Å²) in [6.45, 7) is 4.02. The number of imidazole rings is 1. The van der Waals surface area contributed by atoms with Crippen molar-refractivity contribution in [2.75, 3.05) is 18.5 Å². The zero-order valence-electron chi connectivity index (χ0n) is 11.6. The molecule has 1 aromatic heterocycles. The van der Waals surface area contributed by atoms with Gasteiger partial charge in [-0.25, -0.2) is 4.98 Å². The molecule has 1 aromatic carbocycles. The highest BCUT2D eigenvalue weighted by Gasteiger charge is 2.21. The topological polar surface area (TPSA) is 39.1 Å². The second-order valence-electron chi connectivity index (χ2n) is 5.37. The average molecular weight is 259 g/mol. The Morgan fingerprint density at radius 3 is 2.79 bits per heavy atom. The molecule has 2 aromatic rings. The predicted molar refractivity (Wildman–Crippen MR) is 77.3 cm³/mol. The molecular weight excluding hydrogens is 238 g/mol. The molecule has 0 spiro atoms. The molecule has 0 radical (unpaired) electrons. The number of hydrogen-bond acceptors (Lipinski definition) is 3. The highest BCUT2D eigenvalue weighted by Crippen LogP contribution is 2.23. The first-order valence-electron chi connectivity index (χ1n) is 7.01. The molecule has 4 heteroatoms. The molecule has 1 fully saturated rings. The number of rotatable bonds is 3. The van der Waals surface area contributed by atoms with Gasteiger partial charge in [0.1, 0.15) is 0 Å². The van der Waals surface area contributed by atoms with E-state index < -0.39 is 0 Å². The van der Waals surface area contributed by atoms with Crippen LogP contribution in [-0.4, -0.2) is 28.8 Å². The molecule has 1 atom stereocenters. The number of aromatic nitrogens is 2. The molecule has 0 bridgehead atoms. The van der Waals surface area contributed by atoms with Gasteiger partial charge in [-0.3, -0.25) is 0 Å². The molecule has 2 heterocycles. The number of nitrogens with zero attached hydrogens (tertiary/aromatic N) is 2. The normalized spacial score (nSPS) is 18.6. The Hall–Kier alpha value is -1.55. The second kappa shape index (κ2) is 5.21. The first kappa shape index (κ1) is 12.5. The lowest BCUT2D eigenvalue weighted by Crippen LogP contribution is -2.31. The lowest BCUT2D eigenvalue weighted by atomic mass is 9.93. The fraction of sp³-hybridized carbons (Fsp3) is 0.533. The number of hydrogen-bond donors (Lipinski definition) is 1. The number of fused-ring (bicyclic) bond motifs is 1. The molecule has 1 aliphatic heterocycles. The quantitative estimate of drug-likeness (QED) is 0.921. The van der Waals surface area contributed by atoms with Crippen molar-refractivity contribution >= 4 is 17.0 Å². The van der Waals surface area contributed by atoms with Crippen LogP contribution in [0.25, 0.3) is 11.0 Å². The molecule has 0 amide bonds. The zero-order chi connectivity index (χ0) is 13.2. The van der Waals surface area contributed by atoms with Crippen molar-refractivity contribution in [3.05, 3.63) is 24.3 Å². The van der Waals surface area contributed by atoms with Crippen LogP contribution in [0.1, 0.15) is 19.8 Å². The van der Waals surface area contributed by atoms with Crippen molar-refractivity contribution < 1.29 is 4.74 Å². The lowest BCUT2D eigenvalue weighted by Gasteiger charge is -2.28. The van der Waals surface area contributed by atoms with E-state index in [1.165, 1.54) is 5.52 Å². The zero-order valence-corrected chi connectivity index (χ0v) is 11.6. The van der Waals surface area contributed by atoms with E-state index >= 15 is 0 Å². The van der Waals surface area contributed by atoms with E-state index in [0.717, 1.165) is 37.5 Å². The third-order valence-electron chi connectivity index (χ3n) is 4.12. The number of anilines is 1. The van der Waals surface area contributed by atoms with Gasteiger partial charge in [0.15, 0.2) is 0 Å². The van der Waals surface area contributed by atoms with Crippen LogP contribution in [0.4, 0.5) is 5.95 Å². The number of benzene rings is 1. The van der Waals surface area contributed by atoms with Gasteiger partial charge in [0.05, 0.1) is 11.0 Å². The summed E-state index contributed by atoms with van der Waals surface area (Å²) in [5.41, 5.74) is 2.22. The van der Waals surface area contributed by atoms with E-state index in [0.29, 0.717) is 12.0 Å². The monoisotopic (exact) mass is 259 g/mol. The minimum atomic E-state index is 0.430. The van der Waals surface area contributed by atoms with E-state index in [2.05, 4.69) is 47.0 Å². The van der Waals surface area contributed by atoms with Crippen LogP contribution < -0.4 is 5.32 Å². The molecule has 0 saturated carbocycles. The Kier molecular flexibility index (Phi) is 3.42. The molecule has 1 saturated heterocycles. The SMILES string of the molecule is CC(Nc1nc2ccccc2n1C)C1CCOCC1. The summed E-state index contributed by atoms with van der Waals surface area (Å²) < 4.78 is 7.55. The van der Waals surface area contributed by atoms with Crippen molar-refractivity contribution in [2.45, 2.75) is 25.8 Å². The van der Waals surface area contributed by atoms with Crippen LogP contribution in [0.5, 0.6) is 0 Å². The van der Waals surface area contributed by atoms with Crippen LogP contribution in [0.3, 0.4) is 0 Å². The molecule has 0 aliphatic carbocycles. The summed E-state index contributed by atoms with van der Waals surface area (Å²) in [4.78, 5) is 4.67. The lowest BCUT2D eigenvalue weighted by molar-refractivity contribution is 0.0621. The summed E-state index contributed by atoms with van der Waals surface area (Å²) in [5.74, 6) is 1.63. The number of ether oxygens (including phenoxy) is 1. The van der Waals surface area contributed by atoms with Crippen molar-refractivity contribution in [1.29, 1.82) is 0 Å². The first-order chi connectivity index (χ1) is 9.25. The molecule has 1 unspecified atom stereocenters. The van der Waals surface area contributed by atoms with E-state index in [1.807, 2.05) is 6.07 Å². The molecule has 1 N–H and O–H groups in total. The second-order valence-corrected chi connectivity index (χ2v) is 5.37. The molecular formula is C15H21N3O. The van der Waals surface area contributed by atoms with Gasteiger partial charge >= 0.3 is 0 Å². The highest BCUT2D eigenvalue weighted by molar-refractivity contribution is 5.78. The van der Waals surface area contributed by atoms with Crippen molar-refractivity contribution in [3.8, 4) is 0 Å². The average Bonchev–Trinajstić information content (AvgIpc) is 2.77. The van der Waals surface area contributed by atoms with Crippen molar-refractivity contribution in [1.82, 2.24) is 9.55 Å². The highest BCUT2D eigenvalue weighted by atomic mass is 16.5. The maximum Gasteiger partial charge on any atom is 0.203 e. The fourth-order valence-electron chi connectivity index (χ4n) is 2.81. The minimum Gasteiger partial charge on any atom is -0.381 e. The molecule has 102 valence electrons. The fourth-order valence-corrected chi connectivity index (χ4v) is 2.81. The largest absolute Gasteiger partial charge is 0.381 e. The Bertz CT molecular complexity index is 558. The third-order valence-corrected chi connectivity index (χ3v) is 4.12. The minimum absolute atomic E-state index is 0.430. The van der Waals surface area contributed by atoms with Crippen LogP contribution in [0, 0.1) is 5.92 Å². The van der Waals surface area contributed by atoms with Crippen LogP contribution >= 0.6 is 0 Å². The molecule has 1 aliphatic rings. The van der Waals surface area contributed by atoms with Crippen LogP contribution in [0.15, 0.2) is 24.3 Å². The maximum absolute atomic E-state index is 5.42. The van der Waals surface area contributed by atoms with E-state index in [-0.39, 0.29) is 0 Å².